The normalized spacial score (nSPS) is 30.7. The number of carbonyl (C=O) groups is 1. The zero-order chi connectivity index (χ0) is 12.7. The van der Waals surface area contributed by atoms with Gasteiger partial charge in [0.2, 0.25) is 0 Å². The summed E-state index contributed by atoms with van der Waals surface area (Å²) in [6.07, 6.45) is 4.59. The van der Waals surface area contributed by atoms with Crippen LogP contribution < -0.4 is 5.32 Å². The summed E-state index contributed by atoms with van der Waals surface area (Å²) in [4.78, 5) is 12.3. The zero-order valence-corrected chi connectivity index (χ0v) is 11.2. The molecule has 1 aliphatic heterocycles. The van der Waals surface area contributed by atoms with E-state index in [0.717, 1.165) is 35.5 Å². The number of hydrogen-bond acceptors (Lipinski definition) is 3. The Kier molecular flexibility index (Phi) is 3.02. The zero-order valence-electron chi connectivity index (χ0n) is 11.2. The number of ketones is 1. The smallest absolute Gasteiger partial charge is 0.167 e. The molecule has 2 heterocycles. The number of furan rings is 1. The largest absolute Gasteiger partial charge is 0.466 e. The van der Waals surface area contributed by atoms with E-state index in [0.29, 0.717) is 12.5 Å². The van der Waals surface area contributed by atoms with Crippen molar-refractivity contribution in [3.05, 3.63) is 23.2 Å². The van der Waals surface area contributed by atoms with Crippen LogP contribution in [-0.4, -0.2) is 18.4 Å². The molecule has 2 aliphatic rings. The second kappa shape index (κ2) is 4.54. The van der Waals surface area contributed by atoms with E-state index in [-0.39, 0.29) is 5.78 Å². The summed E-state index contributed by atoms with van der Waals surface area (Å²) in [5.74, 6) is 3.36. The van der Waals surface area contributed by atoms with E-state index in [1.165, 1.54) is 19.3 Å². The molecule has 2 fully saturated rings. The molecule has 3 unspecified atom stereocenters. The van der Waals surface area contributed by atoms with Crippen molar-refractivity contribution in [2.24, 2.45) is 11.8 Å². The van der Waals surface area contributed by atoms with Crippen LogP contribution in [0.2, 0.25) is 0 Å². The van der Waals surface area contributed by atoms with Gasteiger partial charge in [-0.2, -0.15) is 0 Å². The fourth-order valence-corrected chi connectivity index (χ4v) is 3.74. The second-order valence-corrected chi connectivity index (χ2v) is 5.82. The van der Waals surface area contributed by atoms with Gasteiger partial charge in [-0.3, -0.25) is 4.79 Å². The van der Waals surface area contributed by atoms with Gasteiger partial charge >= 0.3 is 0 Å². The molecule has 0 radical (unpaired) electrons. The van der Waals surface area contributed by atoms with Crippen LogP contribution in [0.15, 0.2) is 10.5 Å². The lowest BCUT2D eigenvalue weighted by molar-refractivity contribution is 0.0962. The van der Waals surface area contributed by atoms with Gasteiger partial charge in [-0.05, 0) is 51.1 Å². The number of rotatable bonds is 3. The third-order valence-electron chi connectivity index (χ3n) is 4.62. The molecule has 1 aromatic heterocycles. The van der Waals surface area contributed by atoms with Gasteiger partial charge in [-0.1, -0.05) is 6.42 Å². The number of nitrogens with one attached hydrogen (secondary N) is 1. The summed E-state index contributed by atoms with van der Waals surface area (Å²) in [6, 6.07) is 2.26. The van der Waals surface area contributed by atoms with Crippen LogP contribution in [0.1, 0.15) is 47.6 Å². The van der Waals surface area contributed by atoms with Crippen molar-refractivity contribution in [3.63, 3.8) is 0 Å². The number of hydrogen-bond donors (Lipinski definition) is 1. The fraction of sp³-hybridized carbons (Fsp3) is 0.667. The molecule has 3 rings (SSSR count). The second-order valence-electron chi connectivity index (χ2n) is 5.82. The van der Waals surface area contributed by atoms with E-state index >= 15 is 0 Å². The van der Waals surface area contributed by atoms with Crippen molar-refractivity contribution in [1.29, 1.82) is 0 Å². The molecule has 0 aromatic carbocycles. The van der Waals surface area contributed by atoms with Gasteiger partial charge < -0.3 is 9.73 Å². The first kappa shape index (κ1) is 12.0. The van der Waals surface area contributed by atoms with Crippen LogP contribution >= 0.6 is 0 Å². The van der Waals surface area contributed by atoms with E-state index in [2.05, 4.69) is 5.32 Å². The molecule has 3 atom stereocenters. The quantitative estimate of drug-likeness (QED) is 0.835. The minimum absolute atomic E-state index is 0.231. The van der Waals surface area contributed by atoms with E-state index in [4.69, 9.17) is 4.42 Å². The summed E-state index contributed by atoms with van der Waals surface area (Å²) in [6.45, 7) is 4.87. The summed E-state index contributed by atoms with van der Waals surface area (Å²) >= 11 is 0. The number of Topliss-reactive ketones (excluding diaryl/α,β-unsaturated/α-hetero) is 1. The minimum Gasteiger partial charge on any atom is -0.466 e. The maximum atomic E-state index is 12.3. The van der Waals surface area contributed by atoms with Crippen LogP contribution in [-0.2, 0) is 0 Å². The van der Waals surface area contributed by atoms with Crippen molar-refractivity contribution in [2.45, 2.75) is 45.6 Å². The lowest BCUT2D eigenvalue weighted by Gasteiger charge is -2.17. The Balaban J connectivity index is 1.69. The molecule has 1 aromatic rings. The van der Waals surface area contributed by atoms with E-state index in [1.807, 2.05) is 19.9 Å². The maximum Gasteiger partial charge on any atom is 0.167 e. The predicted octanol–water partition coefficient (Wildman–Crippen LogP) is 2.86. The average molecular weight is 247 g/mol. The predicted molar refractivity (Wildman–Crippen MR) is 69.8 cm³/mol. The van der Waals surface area contributed by atoms with Crippen molar-refractivity contribution in [2.75, 3.05) is 6.54 Å². The number of carbonyl (C=O) groups excluding carboxylic acids is 1. The SMILES string of the molecule is Cc1cc(C(=O)CC2NCC3CCCC32)c(C)o1. The van der Waals surface area contributed by atoms with Crippen LogP contribution in [0.4, 0.5) is 0 Å². The topological polar surface area (TPSA) is 42.2 Å². The van der Waals surface area contributed by atoms with E-state index in [9.17, 15) is 4.79 Å². The van der Waals surface area contributed by atoms with Crippen molar-refractivity contribution < 1.29 is 9.21 Å². The van der Waals surface area contributed by atoms with Crippen LogP contribution in [0, 0.1) is 25.7 Å². The first-order valence-electron chi connectivity index (χ1n) is 6.99. The highest BCUT2D eigenvalue weighted by Crippen LogP contribution is 2.39. The summed E-state index contributed by atoms with van der Waals surface area (Å²) in [5, 5.41) is 3.53. The molecular weight excluding hydrogens is 226 g/mol. The highest BCUT2D eigenvalue weighted by Gasteiger charge is 2.39. The Bertz CT molecular complexity index is 463. The molecular formula is C15H21NO2. The fourth-order valence-electron chi connectivity index (χ4n) is 3.74. The van der Waals surface area contributed by atoms with Crippen molar-refractivity contribution >= 4 is 5.78 Å². The summed E-state index contributed by atoms with van der Waals surface area (Å²) < 4.78 is 5.45. The first-order chi connectivity index (χ1) is 8.65. The average Bonchev–Trinajstić information content (AvgIpc) is 2.96. The molecule has 98 valence electrons. The Morgan fingerprint density at radius 3 is 3.00 bits per heavy atom. The van der Waals surface area contributed by atoms with Gasteiger partial charge in [0.15, 0.2) is 5.78 Å². The lowest BCUT2D eigenvalue weighted by atomic mass is 9.90. The third kappa shape index (κ3) is 2.01. The molecule has 1 N–H and O–H groups in total. The highest BCUT2D eigenvalue weighted by molar-refractivity contribution is 5.97. The molecule has 3 nitrogen and oxygen atoms in total. The molecule has 0 bridgehead atoms. The molecule has 1 saturated heterocycles. The number of fused-ring (bicyclic) bond motifs is 1. The molecule has 18 heavy (non-hydrogen) atoms. The maximum absolute atomic E-state index is 12.3. The van der Waals surface area contributed by atoms with Gasteiger partial charge in [-0.25, -0.2) is 0 Å². The lowest BCUT2D eigenvalue weighted by Crippen LogP contribution is -2.29. The minimum atomic E-state index is 0.231. The van der Waals surface area contributed by atoms with E-state index in [1.54, 1.807) is 0 Å². The summed E-state index contributed by atoms with van der Waals surface area (Å²) in [5.41, 5.74) is 0.774. The Morgan fingerprint density at radius 2 is 2.28 bits per heavy atom. The van der Waals surface area contributed by atoms with Gasteiger partial charge in [0.05, 0.1) is 5.56 Å². The molecule has 1 aliphatic carbocycles. The summed E-state index contributed by atoms with van der Waals surface area (Å²) in [7, 11) is 0. The highest BCUT2D eigenvalue weighted by atomic mass is 16.3. The molecule has 0 spiro atoms. The van der Waals surface area contributed by atoms with Crippen molar-refractivity contribution in [3.8, 4) is 0 Å². The van der Waals surface area contributed by atoms with E-state index < -0.39 is 0 Å². The monoisotopic (exact) mass is 247 g/mol. The third-order valence-corrected chi connectivity index (χ3v) is 4.62. The van der Waals surface area contributed by atoms with Gasteiger partial charge in [0.1, 0.15) is 11.5 Å². The van der Waals surface area contributed by atoms with Crippen LogP contribution in [0.3, 0.4) is 0 Å². The van der Waals surface area contributed by atoms with Gasteiger partial charge in [0.25, 0.3) is 0 Å². The molecule has 0 amide bonds. The van der Waals surface area contributed by atoms with Crippen LogP contribution in [0.5, 0.6) is 0 Å². The van der Waals surface area contributed by atoms with Crippen LogP contribution in [0.25, 0.3) is 0 Å². The van der Waals surface area contributed by atoms with Gasteiger partial charge in [-0.15, -0.1) is 0 Å². The van der Waals surface area contributed by atoms with Gasteiger partial charge in [0, 0.05) is 12.5 Å². The molecule has 1 saturated carbocycles. The Labute approximate surface area is 108 Å². The standard InChI is InChI=1S/C15H21NO2/c1-9-6-13(10(2)18-9)15(17)7-14-12-5-3-4-11(12)8-16-14/h6,11-12,14,16H,3-5,7-8H2,1-2H3. The first-order valence-corrected chi connectivity index (χ1v) is 6.99. The van der Waals surface area contributed by atoms with Crippen molar-refractivity contribution in [1.82, 2.24) is 5.32 Å². The molecule has 3 heteroatoms. The Morgan fingerprint density at radius 1 is 1.44 bits per heavy atom. The number of aryl methyl sites for hydroxylation is 2. The Hall–Kier alpha value is -1.09.